The maximum absolute atomic E-state index is 14.0. The summed E-state index contributed by atoms with van der Waals surface area (Å²) in [5.74, 6) is -1.45. The van der Waals surface area contributed by atoms with Crippen LogP contribution >= 0.6 is 0 Å². The first kappa shape index (κ1) is 18.5. The van der Waals surface area contributed by atoms with Gasteiger partial charge in [0.05, 0.1) is 12.5 Å². The van der Waals surface area contributed by atoms with Gasteiger partial charge in [-0.3, -0.25) is 14.7 Å². The molecule has 0 aliphatic carbocycles. The van der Waals surface area contributed by atoms with E-state index in [2.05, 4.69) is 9.88 Å². The monoisotopic (exact) mass is 360 g/mol. The Morgan fingerprint density at radius 1 is 1.31 bits per heavy atom. The molecule has 0 spiro atoms. The Morgan fingerprint density at radius 2 is 2.15 bits per heavy atom. The summed E-state index contributed by atoms with van der Waals surface area (Å²) in [5.41, 5.74) is 1.86. The smallest absolute Gasteiger partial charge is 0.310 e. The van der Waals surface area contributed by atoms with Crippen LogP contribution < -0.4 is 0 Å². The van der Waals surface area contributed by atoms with E-state index in [0.29, 0.717) is 30.8 Å². The molecule has 4 nitrogen and oxygen atoms in total. The Morgan fingerprint density at radius 3 is 2.92 bits per heavy atom. The van der Waals surface area contributed by atoms with E-state index in [1.54, 1.807) is 12.4 Å². The van der Waals surface area contributed by atoms with Crippen LogP contribution in [0.1, 0.15) is 25.3 Å². The Balaban J connectivity index is 1.71. The van der Waals surface area contributed by atoms with E-state index >= 15 is 0 Å². The van der Waals surface area contributed by atoms with E-state index in [4.69, 9.17) is 4.74 Å². The summed E-state index contributed by atoms with van der Waals surface area (Å²) in [7, 11) is 0. The van der Waals surface area contributed by atoms with Crippen molar-refractivity contribution in [3.63, 3.8) is 0 Å². The van der Waals surface area contributed by atoms with Gasteiger partial charge < -0.3 is 4.74 Å². The van der Waals surface area contributed by atoms with Crippen molar-refractivity contribution in [2.24, 2.45) is 5.92 Å². The van der Waals surface area contributed by atoms with Gasteiger partial charge in [0.1, 0.15) is 11.6 Å². The van der Waals surface area contributed by atoms with Gasteiger partial charge in [0.25, 0.3) is 0 Å². The van der Waals surface area contributed by atoms with Crippen molar-refractivity contribution in [1.82, 2.24) is 9.88 Å². The SMILES string of the molecule is CCOC(=O)C1CCCN(Cc2cncc(-c3ccc(F)cc3F)c2)C1. The number of hydrogen-bond acceptors (Lipinski definition) is 4. The van der Waals surface area contributed by atoms with Crippen molar-refractivity contribution < 1.29 is 18.3 Å². The molecule has 1 aliphatic heterocycles. The number of carbonyl (C=O) groups excluding carboxylic acids is 1. The third-order valence-electron chi connectivity index (χ3n) is 4.57. The summed E-state index contributed by atoms with van der Waals surface area (Å²) in [5, 5.41) is 0. The summed E-state index contributed by atoms with van der Waals surface area (Å²) < 4.78 is 32.2. The molecule has 0 saturated carbocycles. The average molecular weight is 360 g/mol. The molecule has 138 valence electrons. The van der Waals surface area contributed by atoms with E-state index < -0.39 is 11.6 Å². The molecule has 1 aliphatic rings. The number of aromatic nitrogens is 1. The zero-order valence-corrected chi connectivity index (χ0v) is 14.8. The zero-order valence-electron chi connectivity index (χ0n) is 14.8. The van der Waals surface area contributed by atoms with Gasteiger partial charge in [0.15, 0.2) is 0 Å². The third-order valence-corrected chi connectivity index (χ3v) is 4.57. The molecule has 0 N–H and O–H groups in total. The highest BCUT2D eigenvalue weighted by atomic mass is 19.1. The van der Waals surface area contributed by atoms with Gasteiger partial charge in [-0.15, -0.1) is 0 Å². The molecule has 1 unspecified atom stereocenters. The van der Waals surface area contributed by atoms with Gasteiger partial charge in [-0.2, -0.15) is 0 Å². The second kappa shape index (κ2) is 8.36. The first-order valence-electron chi connectivity index (χ1n) is 8.85. The van der Waals surface area contributed by atoms with Crippen molar-refractivity contribution in [3.8, 4) is 11.1 Å². The van der Waals surface area contributed by atoms with Gasteiger partial charge in [-0.25, -0.2) is 8.78 Å². The van der Waals surface area contributed by atoms with E-state index in [1.807, 2.05) is 13.0 Å². The Kier molecular flexibility index (Phi) is 5.93. The third kappa shape index (κ3) is 4.43. The fourth-order valence-electron chi connectivity index (χ4n) is 3.35. The molecule has 1 fully saturated rings. The second-order valence-corrected chi connectivity index (χ2v) is 6.53. The molecular formula is C20H22F2N2O2. The van der Waals surface area contributed by atoms with Gasteiger partial charge in [0.2, 0.25) is 0 Å². The molecule has 1 atom stereocenters. The average Bonchev–Trinajstić information content (AvgIpc) is 2.62. The molecule has 6 heteroatoms. The number of nitrogens with zero attached hydrogens (tertiary/aromatic N) is 2. The van der Waals surface area contributed by atoms with E-state index in [0.717, 1.165) is 31.0 Å². The second-order valence-electron chi connectivity index (χ2n) is 6.53. The van der Waals surface area contributed by atoms with E-state index in [1.165, 1.54) is 12.1 Å². The van der Waals surface area contributed by atoms with Crippen LogP contribution in [-0.4, -0.2) is 35.5 Å². The molecule has 2 heterocycles. The van der Waals surface area contributed by atoms with Crippen LogP contribution in [0, 0.1) is 17.6 Å². The predicted molar refractivity (Wildman–Crippen MR) is 94.2 cm³/mol. The molecular weight excluding hydrogens is 338 g/mol. The van der Waals surface area contributed by atoms with E-state index in [-0.39, 0.29) is 11.9 Å². The van der Waals surface area contributed by atoms with Crippen LogP contribution in [-0.2, 0) is 16.1 Å². The molecule has 1 aromatic heterocycles. The maximum Gasteiger partial charge on any atom is 0.310 e. The lowest BCUT2D eigenvalue weighted by atomic mass is 9.97. The van der Waals surface area contributed by atoms with Crippen LogP contribution in [0.15, 0.2) is 36.7 Å². The largest absolute Gasteiger partial charge is 0.466 e. The Bertz CT molecular complexity index is 782. The molecule has 26 heavy (non-hydrogen) atoms. The van der Waals surface area contributed by atoms with Crippen molar-refractivity contribution in [1.29, 1.82) is 0 Å². The highest BCUT2D eigenvalue weighted by Crippen LogP contribution is 2.25. The minimum atomic E-state index is -0.607. The standard InChI is InChI=1S/C20H22F2N2O2/c1-2-26-20(25)15-4-3-7-24(13-15)12-14-8-16(11-23-10-14)18-6-5-17(21)9-19(18)22/h5-6,8-11,15H,2-4,7,12-13H2,1H3. The number of ether oxygens (including phenoxy) is 1. The predicted octanol–water partition coefficient (Wildman–Crippen LogP) is 3.80. The van der Waals surface area contributed by atoms with Gasteiger partial charge in [-0.05, 0) is 50.1 Å². The fourth-order valence-corrected chi connectivity index (χ4v) is 3.35. The Labute approximate surface area is 151 Å². The lowest BCUT2D eigenvalue weighted by Gasteiger charge is -2.31. The molecule has 3 rings (SSSR count). The first-order valence-corrected chi connectivity index (χ1v) is 8.85. The minimum absolute atomic E-state index is 0.102. The summed E-state index contributed by atoms with van der Waals surface area (Å²) in [6.45, 7) is 4.37. The fraction of sp³-hybridized carbons (Fsp3) is 0.400. The number of pyridine rings is 1. The number of piperidine rings is 1. The van der Waals surface area contributed by atoms with Gasteiger partial charge in [0, 0.05) is 42.7 Å². The topological polar surface area (TPSA) is 42.4 Å². The number of carbonyl (C=O) groups is 1. The van der Waals surface area contributed by atoms with Crippen LogP contribution in [0.5, 0.6) is 0 Å². The summed E-state index contributed by atoms with van der Waals surface area (Å²) >= 11 is 0. The molecule has 0 amide bonds. The maximum atomic E-state index is 14.0. The number of halogens is 2. The highest BCUT2D eigenvalue weighted by Gasteiger charge is 2.26. The first-order chi connectivity index (χ1) is 12.6. The molecule has 0 bridgehead atoms. The van der Waals surface area contributed by atoms with Gasteiger partial charge in [-0.1, -0.05) is 0 Å². The molecule has 0 radical (unpaired) electrons. The number of rotatable bonds is 5. The van der Waals surface area contributed by atoms with Crippen LogP contribution in [0.4, 0.5) is 8.78 Å². The number of benzene rings is 1. The Hall–Kier alpha value is -2.34. The van der Waals surface area contributed by atoms with Crippen LogP contribution in [0.3, 0.4) is 0 Å². The number of hydrogen-bond donors (Lipinski definition) is 0. The van der Waals surface area contributed by atoms with Crippen molar-refractivity contribution >= 4 is 5.97 Å². The lowest BCUT2D eigenvalue weighted by molar-refractivity contribution is -0.150. The number of esters is 1. The number of likely N-dealkylation sites (tertiary alicyclic amines) is 1. The van der Waals surface area contributed by atoms with Crippen molar-refractivity contribution in [3.05, 3.63) is 53.9 Å². The van der Waals surface area contributed by atoms with E-state index in [9.17, 15) is 13.6 Å². The summed E-state index contributed by atoms with van der Waals surface area (Å²) in [6.07, 6.45) is 5.08. The van der Waals surface area contributed by atoms with Crippen LogP contribution in [0.25, 0.3) is 11.1 Å². The normalized spacial score (nSPS) is 17.9. The molecule has 1 saturated heterocycles. The van der Waals surface area contributed by atoms with Crippen molar-refractivity contribution in [2.45, 2.75) is 26.3 Å². The molecule has 1 aromatic carbocycles. The van der Waals surface area contributed by atoms with Crippen molar-refractivity contribution in [2.75, 3.05) is 19.7 Å². The summed E-state index contributed by atoms with van der Waals surface area (Å²) in [4.78, 5) is 18.3. The minimum Gasteiger partial charge on any atom is -0.466 e. The lowest BCUT2D eigenvalue weighted by Crippen LogP contribution is -2.38. The molecule has 2 aromatic rings. The quantitative estimate of drug-likeness (QED) is 0.761. The van der Waals surface area contributed by atoms with Crippen LogP contribution in [0.2, 0.25) is 0 Å². The van der Waals surface area contributed by atoms with Gasteiger partial charge >= 0.3 is 5.97 Å². The zero-order chi connectivity index (χ0) is 18.5. The highest BCUT2D eigenvalue weighted by molar-refractivity contribution is 5.72. The summed E-state index contributed by atoms with van der Waals surface area (Å²) in [6, 6.07) is 5.39.